The standard InChI is InChI=1S/C16H30N2O4S/c1-9(2)8-10(11(23-7)15(21)22)13(19)18-12(14(20)17-6)16(3,4)5/h9-12H,8H2,1-7H3,(H,17,20)(H,18,19)(H,21,22)/t10-,11-,12-/m1/s1. The van der Waals surface area contributed by atoms with Crippen LogP contribution in [0, 0.1) is 17.3 Å². The molecule has 0 rings (SSSR count). The molecule has 0 saturated carbocycles. The van der Waals surface area contributed by atoms with Crippen molar-refractivity contribution in [2.75, 3.05) is 13.3 Å². The number of amides is 2. The van der Waals surface area contributed by atoms with Crippen LogP contribution in [0.4, 0.5) is 0 Å². The number of carboxylic acids is 1. The summed E-state index contributed by atoms with van der Waals surface area (Å²) in [5.74, 6) is -2.19. The van der Waals surface area contributed by atoms with Crippen molar-refractivity contribution in [2.45, 2.75) is 52.3 Å². The Bertz CT molecular complexity index is 432. The molecule has 0 heterocycles. The minimum absolute atomic E-state index is 0.174. The zero-order valence-corrected chi connectivity index (χ0v) is 15.9. The molecule has 0 radical (unpaired) electrons. The second-order valence-corrected chi connectivity index (χ2v) is 8.13. The minimum atomic E-state index is -1.01. The number of thioether (sulfide) groups is 1. The van der Waals surface area contributed by atoms with E-state index in [2.05, 4.69) is 10.6 Å². The number of aliphatic carboxylic acids is 1. The predicted molar refractivity (Wildman–Crippen MR) is 93.3 cm³/mol. The minimum Gasteiger partial charge on any atom is -0.480 e. The highest BCUT2D eigenvalue weighted by molar-refractivity contribution is 7.99. The van der Waals surface area contributed by atoms with Gasteiger partial charge in [0.1, 0.15) is 11.3 Å². The van der Waals surface area contributed by atoms with Crippen LogP contribution < -0.4 is 10.6 Å². The van der Waals surface area contributed by atoms with Crippen LogP contribution in [0.1, 0.15) is 41.0 Å². The van der Waals surface area contributed by atoms with Crippen molar-refractivity contribution in [3.8, 4) is 0 Å². The van der Waals surface area contributed by atoms with E-state index in [1.165, 1.54) is 7.05 Å². The second-order valence-electron chi connectivity index (χ2n) is 7.15. The van der Waals surface area contributed by atoms with Gasteiger partial charge in [0.15, 0.2) is 0 Å². The van der Waals surface area contributed by atoms with Crippen LogP contribution in [0.5, 0.6) is 0 Å². The fourth-order valence-corrected chi connectivity index (χ4v) is 3.15. The van der Waals surface area contributed by atoms with Crippen LogP contribution in [0.3, 0.4) is 0 Å². The maximum Gasteiger partial charge on any atom is 0.317 e. The Kier molecular flexibility index (Phi) is 8.66. The number of hydrogen-bond acceptors (Lipinski definition) is 4. The Morgan fingerprint density at radius 1 is 1.13 bits per heavy atom. The maximum absolute atomic E-state index is 12.7. The highest BCUT2D eigenvalue weighted by Crippen LogP contribution is 2.26. The molecule has 0 aromatic carbocycles. The normalized spacial score (nSPS) is 15.7. The number of nitrogens with one attached hydrogen (secondary N) is 2. The lowest BCUT2D eigenvalue weighted by molar-refractivity contribution is -0.141. The third kappa shape index (κ3) is 6.81. The van der Waals surface area contributed by atoms with Crippen molar-refractivity contribution in [1.29, 1.82) is 0 Å². The van der Waals surface area contributed by atoms with Gasteiger partial charge in [-0.1, -0.05) is 34.6 Å². The summed E-state index contributed by atoms with van der Waals surface area (Å²) < 4.78 is 0. The lowest BCUT2D eigenvalue weighted by atomic mass is 9.85. The number of rotatable bonds is 8. The van der Waals surface area contributed by atoms with E-state index in [9.17, 15) is 19.5 Å². The first-order chi connectivity index (χ1) is 10.4. The second kappa shape index (κ2) is 9.15. The number of likely N-dealkylation sites (N-methyl/N-ethyl adjacent to an activating group) is 1. The number of carbonyl (C=O) groups is 3. The van der Waals surface area contributed by atoms with E-state index in [1.54, 1.807) is 6.26 Å². The van der Waals surface area contributed by atoms with Crippen LogP contribution >= 0.6 is 11.8 Å². The molecule has 0 aliphatic rings. The Balaban J connectivity index is 5.42. The number of hydrogen-bond donors (Lipinski definition) is 3. The molecule has 3 atom stereocenters. The molecule has 0 saturated heterocycles. The van der Waals surface area contributed by atoms with E-state index in [1.807, 2.05) is 34.6 Å². The fourth-order valence-electron chi connectivity index (χ4n) is 2.38. The summed E-state index contributed by atoms with van der Waals surface area (Å²) >= 11 is 1.14. The molecule has 0 aromatic heterocycles. The summed E-state index contributed by atoms with van der Waals surface area (Å²) in [7, 11) is 1.51. The van der Waals surface area contributed by atoms with Crippen molar-refractivity contribution < 1.29 is 19.5 Å². The first-order valence-corrected chi connectivity index (χ1v) is 9.02. The average Bonchev–Trinajstić information content (AvgIpc) is 2.41. The van der Waals surface area contributed by atoms with E-state index < -0.39 is 28.6 Å². The SMILES string of the molecule is CNC(=O)[C@@H](NC(=O)[C@H](CC(C)C)[C@@H](SC)C(=O)O)C(C)(C)C. The molecule has 7 heteroatoms. The molecule has 3 N–H and O–H groups in total. The summed E-state index contributed by atoms with van der Waals surface area (Å²) in [5, 5.41) is 13.8. The van der Waals surface area contributed by atoms with Gasteiger partial charge < -0.3 is 15.7 Å². The van der Waals surface area contributed by atoms with E-state index in [0.29, 0.717) is 6.42 Å². The third-order valence-corrected chi connectivity index (χ3v) is 4.62. The Hall–Kier alpha value is -1.24. The molecular weight excluding hydrogens is 316 g/mol. The summed E-state index contributed by atoms with van der Waals surface area (Å²) in [4.78, 5) is 36.2. The molecule has 134 valence electrons. The Labute approximate surface area is 143 Å². The third-order valence-electron chi connectivity index (χ3n) is 3.59. The van der Waals surface area contributed by atoms with E-state index in [4.69, 9.17) is 0 Å². The number of carbonyl (C=O) groups excluding carboxylic acids is 2. The van der Waals surface area contributed by atoms with Gasteiger partial charge in [-0.05, 0) is 24.0 Å². The number of carboxylic acid groups (broad SMARTS) is 1. The highest BCUT2D eigenvalue weighted by atomic mass is 32.2. The topological polar surface area (TPSA) is 95.5 Å². The monoisotopic (exact) mass is 346 g/mol. The first-order valence-electron chi connectivity index (χ1n) is 7.73. The van der Waals surface area contributed by atoms with Gasteiger partial charge in [-0.15, -0.1) is 11.8 Å². The van der Waals surface area contributed by atoms with Gasteiger partial charge in [-0.2, -0.15) is 0 Å². The van der Waals surface area contributed by atoms with Gasteiger partial charge in [0.2, 0.25) is 11.8 Å². The molecule has 2 amide bonds. The molecule has 23 heavy (non-hydrogen) atoms. The van der Waals surface area contributed by atoms with Crippen molar-refractivity contribution in [3.05, 3.63) is 0 Å². The smallest absolute Gasteiger partial charge is 0.317 e. The van der Waals surface area contributed by atoms with E-state index in [0.717, 1.165) is 11.8 Å². The molecule has 0 aromatic rings. The molecule has 0 fully saturated rings. The highest BCUT2D eigenvalue weighted by Gasteiger charge is 2.38. The molecule has 0 aliphatic heterocycles. The summed E-state index contributed by atoms with van der Waals surface area (Å²) in [6, 6.07) is -0.717. The van der Waals surface area contributed by atoms with Crippen LogP contribution in [-0.4, -0.2) is 47.5 Å². The average molecular weight is 346 g/mol. The van der Waals surface area contributed by atoms with E-state index >= 15 is 0 Å². The van der Waals surface area contributed by atoms with Gasteiger partial charge in [0.25, 0.3) is 0 Å². The van der Waals surface area contributed by atoms with Crippen molar-refractivity contribution in [2.24, 2.45) is 17.3 Å². The van der Waals surface area contributed by atoms with Crippen LogP contribution in [0.25, 0.3) is 0 Å². The van der Waals surface area contributed by atoms with Gasteiger partial charge in [0.05, 0.1) is 5.92 Å². The van der Waals surface area contributed by atoms with Crippen LogP contribution in [0.2, 0.25) is 0 Å². The lowest BCUT2D eigenvalue weighted by Gasteiger charge is -2.32. The Morgan fingerprint density at radius 2 is 1.65 bits per heavy atom. The summed E-state index contributed by atoms with van der Waals surface area (Å²) in [6.07, 6.45) is 2.13. The van der Waals surface area contributed by atoms with Gasteiger partial charge in [0, 0.05) is 7.05 Å². The quantitative estimate of drug-likeness (QED) is 0.622. The maximum atomic E-state index is 12.7. The van der Waals surface area contributed by atoms with Crippen LogP contribution in [0.15, 0.2) is 0 Å². The summed E-state index contributed by atoms with van der Waals surface area (Å²) in [5.41, 5.74) is -0.476. The molecular formula is C16H30N2O4S. The fraction of sp³-hybridized carbons (Fsp3) is 0.812. The molecule has 0 spiro atoms. The largest absolute Gasteiger partial charge is 0.480 e. The van der Waals surface area contributed by atoms with Crippen molar-refractivity contribution in [1.82, 2.24) is 10.6 Å². The van der Waals surface area contributed by atoms with Crippen molar-refractivity contribution in [3.63, 3.8) is 0 Å². The lowest BCUT2D eigenvalue weighted by Crippen LogP contribution is -2.55. The first kappa shape index (κ1) is 21.8. The zero-order valence-electron chi connectivity index (χ0n) is 15.1. The van der Waals surface area contributed by atoms with Gasteiger partial charge in [-0.25, -0.2) is 0 Å². The van der Waals surface area contributed by atoms with Crippen molar-refractivity contribution >= 4 is 29.5 Å². The molecule has 0 unspecified atom stereocenters. The summed E-state index contributed by atoms with van der Waals surface area (Å²) in [6.45, 7) is 9.45. The molecule has 0 bridgehead atoms. The molecule has 0 aliphatic carbocycles. The Morgan fingerprint density at radius 3 is 1.96 bits per heavy atom. The zero-order chi connectivity index (χ0) is 18.4. The molecule has 6 nitrogen and oxygen atoms in total. The van der Waals surface area contributed by atoms with E-state index in [-0.39, 0.29) is 17.7 Å². The van der Waals surface area contributed by atoms with Crippen LogP contribution in [-0.2, 0) is 14.4 Å². The van der Waals surface area contributed by atoms with Gasteiger partial charge in [-0.3, -0.25) is 14.4 Å². The predicted octanol–water partition coefficient (Wildman–Crippen LogP) is 1.74. The van der Waals surface area contributed by atoms with Gasteiger partial charge >= 0.3 is 5.97 Å².